The number of hydrogen-bond donors (Lipinski definition) is 1. The molecule has 7 heteroatoms. The van der Waals surface area contributed by atoms with Gasteiger partial charge in [-0.2, -0.15) is 0 Å². The van der Waals surface area contributed by atoms with Gasteiger partial charge >= 0.3 is 11.9 Å². The number of rotatable bonds is 4. The van der Waals surface area contributed by atoms with Crippen LogP contribution in [-0.4, -0.2) is 60.0 Å². The lowest BCUT2D eigenvalue weighted by molar-refractivity contribution is -0.278. The number of piperidine rings is 2. The Bertz CT molecular complexity index is 2160. The minimum atomic E-state index is -0.944. The lowest BCUT2D eigenvalue weighted by atomic mass is 9.28. The average Bonchev–Trinajstić information content (AvgIpc) is 3.92. The molecule has 306 valence electrons. The highest BCUT2D eigenvalue weighted by molar-refractivity contribution is 6.00. The Labute approximate surface area is 344 Å². The van der Waals surface area contributed by atoms with Crippen LogP contribution in [0, 0.1) is 58.2 Å². The number of ether oxygens (including phenoxy) is 2. The molecule has 1 aromatic carbocycles. The number of hydrogen-bond acceptors (Lipinski definition) is 7. The van der Waals surface area contributed by atoms with Crippen LogP contribution < -0.4 is 5.73 Å². The molecule has 0 aromatic heterocycles. The van der Waals surface area contributed by atoms with Crippen LogP contribution in [-0.2, 0) is 26.3 Å². The van der Waals surface area contributed by atoms with E-state index in [1.165, 1.54) is 82.1 Å². The second kappa shape index (κ2) is 12.2. The summed E-state index contributed by atoms with van der Waals surface area (Å²) < 4.78 is 14.3. The fourth-order valence-corrected chi connectivity index (χ4v) is 17.5. The largest absolute Gasteiger partial charge is 0.449 e. The Morgan fingerprint density at radius 3 is 2.69 bits per heavy atom. The van der Waals surface area contributed by atoms with E-state index in [1.807, 2.05) is 0 Å². The Hall–Kier alpha value is -3.16. The first-order valence-corrected chi connectivity index (χ1v) is 24.0. The molecule has 1 aromatic rings. The first-order chi connectivity index (χ1) is 28.3. The van der Waals surface area contributed by atoms with E-state index in [9.17, 15) is 4.79 Å². The molecule has 13 atom stereocenters. The van der Waals surface area contributed by atoms with E-state index in [2.05, 4.69) is 54.0 Å². The third-order valence-corrected chi connectivity index (χ3v) is 19.3. The molecule has 6 fully saturated rings. The molecule has 1 unspecified atom stereocenters. The zero-order valence-corrected chi connectivity index (χ0v) is 34.9. The molecule has 58 heavy (non-hydrogen) atoms. The van der Waals surface area contributed by atoms with Crippen molar-refractivity contribution in [1.29, 1.82) is 0 Å². The maximum Gasteiger partial charge on any atom is 0.339 e. The summed E-state index contributed by atoms with van der Waals surface area (Å²) in [6.07, 6.45) is 22.7. The van der Waals surface area contributed by atoms with E-state index >= 15 is 4.79 Å². The number of nitrogens with two attached hydrogens (primary N) is 1. The van der Waals surface area contributed by atoms with Crippen LogP contribution in [0.15, 0.2) is 64.1 Å². The van der Waals surface area contributed by atoms with Crippen LogP contribution in [0.1, 0.15) is 132 Å². The minimum Gasteiger partial charge on any atom is -0.449 e. The van der Waals surface area contributed by atoms with E-state index in [1.54, 1.807) is 16.8 Å². The highest BCUT2D eigenvalue weighted by Crippen LogP contribution is 2.88. The van der Waals surface area contributed by atoms with E-state index < -0.39 is 16.4 Å². The van der Waals surface area contributed by atoms with Gasteiger partial charge in [-0.25, -0.2) is 4.79 Å². The fourth-order valence-electron chi connectivity index (χ4n) is 17.5. The SMILES string of the molecule is C[C@@H]1CCC2=C[C@H]3[C@H]4C5=C2[C@]26C(=O)O/C(=C\C[C@@H](C7CCCC7)N7C[C@H]8C[C@@H](C7)[C@H]7CCC(=C4N7C8)C[C@H]3C)[C@@]2(CC5)[C@]2(OC(=O)c3c(CCCN)cccc32)[C@H]6C1. The predicted molar refractivity (Wildman–Crippen MR) is 222 cm³/mol. The van der Waals surface area contributed by atoms with Crippen LogP contribution in [0.5, 0.6) is 0 Å². The molecule has 0 radical (unpaired) electrons. The molecular weight excluding hydrogens is 719 g/mol. The van der Waals surface area contributed by atoms with Gasteiger partial charge in [0.05, 0.1) is 11.0 Å². The summed E-state index contributed by atoms with van der Waals surface area (Å²) in [6, 6.07) is 7.53. The molecule has 3 saturated heterocycles. The standard InChI is InChI=1S/C51H63N3O4/c1-28-12-13-33-24-37-29(2)22-34-14-15-40-35-23-30-25-53(27-35)39(31-7-3-4-8-31)16-17-42-49-19-18-36(44(37)46(34)54(40)26-30)45(33)50(49,48(56)57-42)41(21-28)51(49)38-11-5-9-32(10-6-20-52)43(38)47(55)58-51/h5,9,11,17,24,28-31,35,37,39-41,44H,3-4,6-8,10,12-16,18-23,25-27,52H2,1-2H3/b42-17-/t28-,29-,30-,35+,37-,39+,40-,41+,44-,49-,50-,51-/m1/s1. The molecule has 3 spiro atoms. The first kappa shape index (κ1) is 35.6. The summed E-state index contributed by atoms with van der Waals surface area (Å²) in [5.74, 6) is 4.24. The Morgan fingerprint density at radius 1 is 0.948 bits per heavy atom. The molecule has 2 N–H and O–H groups in total. The van der Waals surface area contributed by atoms with Gasteiger partial charge in [0.25, 0.3) is 0 Å². The molecular formula is C51H63N3O4. The predicted octanol–water partition coefficient (Wildman–Crippen LogP) is 8.74. The van der Waals surface area contributed by atoms with Crippen molar-refractivity contribution < 1.29 is 19.1 Å². The molecule has 16 rings (SSSR count). The number of allylic oxidation sites excluding steroid dienone is 4. The Kier molecular flexibility index (Phi) is 7.51. The van der Waals surface area contributed by atoms with Gasteiger partial charge in [-0.3, -0.25) is 9.69 Å². The monoisotopic (exact) mass is 781 g/mol. The van der Waals surface area contributed by atoms with Gasteiger partial charge in [-0.05, 0) is 155 Å². The number of nitrogens with zero attached hydrogens (tertiary/aromatic N) is 2. The zero-order valence-electron chi connectivity index (χ0n) is 34.9. The summed E-state index contributed by atoms with van der Waals surface area (Å²) in [6.45, 7) is 9.08. The maximum atomic E-state index is 15.8. The van der Waals surface area contributed by atoms with Gasteiger partial charge in [0.2, 0.25) is 0 Å². The van der Waals surface area contributed by atoms with Crippen molar-refractivity contribution in [2.45, 2.75) is 134 Å². The molecule has 0 amide bonds. The second-order valence-corrected chi connectivity index (χ2v) is 21.7. The van der Waals surface area contributed by atoms with Crippen LogP contribution in [0.4, 0.5) is 0 Å². The smallest absolute Gasteiger partial charge is 0.339 e. The van der Waals surface area contributed by atoms with Crippen molar-refractivity contribution in [2.75, 3.05) is 26.2 Å². The summed E-state index contributed by atoms with van der Waals surface area (Å²) >= 11 is 0. The van der Waals surface area contributed by atoms with Crippen LogP contribution in [0.2, 0.25) is 0 Å². The highest BCUT2D eigenvalue weighted by Gasteiger charge is 2.93. The van der Waals surface area contributed by atoms with Gasteiger partial charge in [-0.1, -0.05) is 62.1 Å². The van der Waals surface area contributed by atoms with Crippen molar-refractivity contribution in [3.63, 3.8) is 0 Å². The molecule has 9 heterocycles. The quantitative estimate of drug-likeness (QED) is 0.306. The van der Waals surface area contributed by atoms with E-state index in [0.717, 1.165) is 73.8 Å². The average molecular weight is 782 g/mol. The van der Waals surface area contributed by atoms with Crippen molar-refractivity contribution in [3.05, 3.63) is 80.8 Å². The second-order valence-electron chi connectivity index (χ2n) is 21.7. The van der Waals surface area contributed by atoms with Gasteiger partial charge in [-0.15, -0.1) is 0 Å². The van der Waals surface area contributed by atoms with E-state index in [-0.39, 0.29) is 17.9 Å². The van der Waals surface area contributed by atoms with E-state index in [4.69, 9.17) is 15.2 Å². The Balaban J connectivity index is 1.10. The third kappa shape index (κ3) is 4.11. The summed E-state index contributed by atoms with van der Waals surface area (Å²) in [5, 5.41) is 0. The molecule has 15 aliphatic rings. The highest BCUT2D eigenvalue weighted by atomic mass is 16.6. The molecule has 3 saturated carbocycles. The van der Waals surface area contributed by atoms with Crippen molar-refractivity contribution in [1.82, 2.24) is 9.80 Å². The first-order valence-electron chi connectivity index (χ1n) is 24.0. The summed E-state index contributed by atoms with van der Waals surface area (Å²) in [7, 11) is 0. The lowest BCUT2D eigenvalue weighted by Crippen LogP contribution is -2.77. The zero-order chi connectivity index (χ0) is 38.9. The van der Waals surface area contributed by atoms with Crippen LogP contribution >= 0.6 is 0 Å². The van der Waals surface area contributed by atoms with Gasteiger partial charge in [0.15, 0.2) is 5.60 Å². The number of fused-ring (bicyclic) bond motifs is 3. The van der Waals surface area contributed by atoms with Crippen LogP contribution in [0.3, 0.4) is 0 Å². The molecule has 9 aliphatic heterocycles. The van der Waals surface area contributed by atoms with Crippen molar-refractivity contribution in [2.24, 2.45) is 63.9 Å². The number of carbonyl (C=O) groups excluding carboxylic acids is 2. The maximum absolute atomic E-state index is 15.8. The lowest BCUT2D eigenvalue weighted by Gasteiger charge is -2.72. The van der Waals surface area contributed by atoms with Crippen LogP contribution in [0.25, 0.3) is 0 Å². The number of esters is 2. The Morgan fingerprint density at radius 2 is 1.83 bits per heavy atom. The summed E-state index contributed by atoms with van der Waals surface area (Å²) in [5.41, 5.74) is 14.1. The van der Waals surface area contributed by atoms with E-state index in [0.29, 0.717) is 60.1 Å². The minimum absolute atomic E-state index is 0.0463. The topological polar surface area (TPSA) is 85.1 Å². The van der Waals surface area contributed by atoms with Gasteiger partial charge in [0.1, 0.15) is 11.2 Å². The van der Waals surface area contributed by atoms with Crippen molar-refractivity contribution in [3.8, 4) is 0 Å². The molecule has 6 aliphatic carbocycles. The van der Waals surface area contributed by atoms with Gasteiger partial charge in [0, 0.05) is 54.8 Å². The fraction of sp³-hybridized carbons (Fsp3) is 0.686. The third-order valence-electron chi connectivity index (χ3n) is 19.3. The summed E-state index contributed by atoms with van der Waals surface area (Å²) in [4.78, 5) is 36.5. The molecule has 12 bridgehead atoms. The number of benzene rings is 1. The van der Waals surface area contributed by atoms with Crippen molar-refractivity contribution >= 4 is 11.9 Å². The number of carbonyl (C=O) groups is 2. The van der Waals surface area contributed by atoms with Gasteiger partial charge < -0.3 is 20.1 Å². The number of aryl methyl sites for hydroxylation is 1. The normalized spacial score (nSPS) is 46.3. The molecule has 7 nitrogen and oxygen atoms in total.